The minimum Gasteiger partial charge on any atom is -0.362 e. The van der Waals surface area contributed by atoms with Gasteiger partial charge in [-0.1, -0.05) is 23.4 Å². The molecule has 2 aliphatic heterocycles. The Kier molecular flexibility index (Phi) is 4.67. The summed E-state index contributed by atoms with van der Waals surface area (Å²) in [7, 11) is 1.61. The zero-order valence-corrected chi connectivity index (χ0v) is 15.5. The molecule has 4 amide bonds. The standard InChI is InChI=1S/C19H17N5O5/c1-23(10-14-20-18(29-22-14)11-5-3-2-4-6-11)13-9-16(26)24(19(13)28)12-7-8-15(25)21-17(12)27/h2-6,9,12H,7-8,10H2,1H3,(H,21,25,27). The molecule has 148 valence electrons. The molecule has 1 saturated heterocycles. The van der Waals surface area contributed by atoms with E-state index < -0.39 is 29.7 Å². The average Bonchev–Trinajstić information content (AvgIpc) is 3.28. The number of amides is 4. The van der Waals surface area contributed by atoms with Gasteiger partial charge in [0.2, 0.25) is 11.8 Å². The maximum absolute atomic E-state index is 12.8. The highest BCUT2D eigenvalue weighted by atomic mass is 16.5. The largest absolute Gasteiger partial charge is 0.362 e. The van der Waals surface area contributed by atoms with Crippen molar-refractivity contribution < 1.29 is 23.7 Å². The molecule has 2 aliphatic rings. The molecule has 4 rings (SSSR count). The lowest BCUT2D eigenvalue weighted by molar-refractivity contribution is -0.150. The Bertz CT molecular complexity index is 1030. The van der Waals surface area contributed by atoms with Gasteiger partial charge in [0.1, 0.15) is 11.7 Å². The summed E-state index contributed by atoms with van der Waals surface area (Å²) >= 11 is 0. The van der Waals surface area contributed by atoms with Crippen molar-refractivity contribution in [1.29, 1.82) is 0 Å². The smallest absolute Gasteiger partial charge is 0.277 e. The van der Waals surface area contributed by atoms with Gasteiger partial charge in [-0.25, -0.2) is 0 Å². The number of likely N-dealkylation sites (N-methyl/N-ethyl adjacent to an activating group) is 1. The zero-order chi connectivity index (χ0) is 20.5. The van der Waals surface area contributed by atoms with E-state index in [1.54, 1.807) is 7.05 Å². The molecule has 0 radical (unpaired) electrons. The van der Waals surface area contributed by atoms with E-state index in [9.17, 15) is 19.2 Å². The molecule has 0 aliphatic carbocycles. The lowest BCUT2D eigenvalue weighted by Gasteiger charge is -2.29. The van der Waals surface area contributed by atoms with E-state index in [2.05, 4.69) is 15.5 Å². The van der Waals surface area contributed by atoms with E-state index in [1.165, 1.54) is 11.0 Å². The SMILES string of the molecule is CN(Cc1noc(-c2ccccc2)n1)C1=CC(=O)N(C2CCC(=O)NC2=O)C1=O. The predicted molar refractivity (Wildman–Crippen MR) is 97.3 cm³/mol. The van der Waals surface area contributed by atoms with Crippen LogP contribution in [0.25, 0.3) is 11.5 Å². The first-order valence-electron chi connectivity index (χ1n) is 8.96. The predicted octanol–water partition coefficient (Wildman–Crippen LogP) is 0.226. The van der Waals surface area contributed by atoms with Crippen molar-refractivity contribution in [2.45, 2.75) is 25.4 Å². The summed E-state index contributed by atoms with van der Waals surface area (Å²) in [5.74, 6) is -1.56. The van der Waals surface area contributed by atoms with Crippen LogP contribution < -0.4 is 5.32 Å². The van der Waals surface area contributed by atoms with Crippen LogP contribution >= 0.6 is 0 Å². The Labute approximate surface area is 165 Å². The van der Waals surface area contributed by atoms with Crippen molar-refractivity contribution in [3.05, 3.63) is 47.9 Å². The van der Waals surface area contributed by atoms with Crippen LogP contribution in [0.15, 0.2) is 46.6 Å². The third-order valence-corrected chi connectivity index (χ3v) is 4.74. The van der Waals surface area contributed by atoms with Crippen molar-refractivity contribution in [3.63, 3.8) is 0 Å². The maximum Gasteiger partial charge on any atom is 0.277 e. The summed E-state index contributed by atoms with van der Waals surface area (Å²) in [6.07, 6.45) is 1.35. The van der Waals surface area contributed by atoms with Crippen LogP contribution in [0.3, 0.4) is 0 Å². The quantitative estimate of drug-likeness (QED) is 0.713. The number of nitrogens with one attached hydrogen (secondary N) is 1. The fourth-order valence-corrected chi connectivity index (χ4v) is 3.28. The maximum atomic E-state index is 12.8. The Morgan fingerprint density at radius 1 is 1.21 bits per heavy atom. The lowest BCUT2D eigenvalue weighted by atomic mass is 10.0. The van der Waals surface area contributed by atoms with Crippen LogP contribution in [0.4, 0.5) is 0 Å². The first-order valence-corrected chi connectivity index (χ1v) is 8.96. The Balaban J connectivity index is 1.46. The molecule has 1 N–H and O–H groups in total. The molecule has 1 aromatic heterocycles. The zero-order valence-electron chi connectivity index (χ0n) is 15.5. The van der Waals surface area contributed by atoms with Gasteiger partial charge in [-0.15, -0.1) is 0 Å². The van der Waals surface area contributed by atoms with Gasteiger partial charge in [-0.05, 0) is 18.6 Å². The Hall–Kier alpha value is -3.82. The molecular weight excluding hydrogens is 378 g/mol. The van der Waals surface area contributed by atoms with Crippen LogP contribution in [-0.2, 0) is 25.7 Å². The van der Waals surface area contributed by atoms with Crippen molar-refractivity contribution in [3.8, 4) is 11.5 Å². The molecule has 0 bridgehead atoms. The summed E-state index contributed by atoms with van der Waals surface area (Å²) in [6.45, 7) is 0.129. The number of benzene rings is 1. The molecule has 1 atom stereocenters. The van der Waals surface area contributed by atoms with E-state index in [0.717, 1.165) is 10.5 Å². The molecule has 0 spiro atoms. The topological polar surface area (TPSA) is 126 Å². The molecular formula is C19H17N5O5. The molecule has 1 unspecified atom stereocenters. The summed E-state index contributed by atoms with van der Waals surface area (Å²) in [6, 6.07) is 8.24. The second-order valence-electron chi connectivity index (χ2n) is 6.75. The van der Waals surface area contributed by atoms with Gasteiger partial charge in [-0.2, -0.15) is 4.98 Å². The fraction of sp³-hybridized carbons (Fsp3) is 0.263. The summed E-state index contributed by atoms with van der Waals surface area (Å²) < 4.78 is 5.25. The fourth-order valence-electron chi connectivity index (χ4n) is 3.28. The number of hydrogen-bond donors (Lipinski definition) is 1. The summed E-state index contributed by atoms with van der Waals surface area (Å²) in [5, 5.41) is 6.07. The number of piperidine rings is 1. The van der Waals surface area contributed by atoms with E-state index in [4.69, 9.17) is 4.52 Å². The van der Waals surface area contributed by atoms with Crippen molar-refractivity contribution in [1.82, 2.24) is 25.3 Å². The molecule has 1 fully saturated rings. The van der Waals surface area contributed by atoms with Gasteiger partial charge < -0.3 is 9.42 Å². The highest BCUT2D eigenvalue weighted by Gasteiger charge is 2.43. The Morgan fingerprint density at radius 2 is 1.97 bits per heavy atom. The van der Waals surface area contributed by atoms with Crippen molar-refractivity contribution >= 4 is 23.6 Å². The van der Waals surface area contributed by atoms with Gasteiger partial charge in [0.15, 0.2) is 5.82 Å². The molecule has 3 heterocycles. The number of imide groups is 2. The lowest BCUT2D eigenvalue weighted by Crippen LogP contribution is -2.54. The van der Waals surface area contributed by atoms with E-state index in [1.807, 2.05) is 30.3 Å². The monoisotopic (exact) mass is 395 g/mol. The highest BCUT2D eigenvalue weighted by molar-refractivity contribution is 6.18. The molecule has 10 nitrogen and oxygen atoms in total. The van der Waals surface area contributed by atoms with E-state index in [-0.39, 0.29) is 25.1 Å². The van der Waals surface area contributed by atoms with Gasteiger partial charge >= 0.3 is 0 Å². The minimum absolute atomic E-state index is 0.0732. The Morgan fingerprint density at radius 3 is 2.69 bits per heavy atom. The van der Waals surface area contributed by atoms with Crippen molar-refractivity contribution in [2.24, 2.45) is 0 Å². The number of carbonyl (C=O) groups is 4. The third kappa shape index (κ3) is 3.51. The second-order valence-corrected chi connectivity index (χ2v) is 6.75. The van der Waals surface area contributed by atoms with Gasteiger partial charge in [-0.3, -0.25) is 29.4 Å². The van der Waals surface area contributed by atoms with Crippen LogP contribution in [0.5, 0.6) is 0 Å². The number of carbonyl (C=O) groups excluding carboxylic acids is 4. The molecule has 29 heavy (non-hydrogen) atoms. The van der Waals surface area contributed by atoms with Crippen LogP contribution in [0, 0.1) is 0 Å². The molecule has 0 saturated carbocycles. The molecule has 10 heteroatoms. The number of nitrogens with zero attached hydrogens (tertiary/aromatic N) is 4. The summed E-state index contributed by atoms with van der Waals surface area (Å²) in [4.78, 5) is 55.2. The van der Waals surface area contributed by atoms with Gasteiger partial charge in [0.05, 0.1) is 6.54 Å². The molecule has 1 aromatic carbocycles. The number of hydrogen-bond acceptors (Lipinski definition) is 8. The van der Waals surface area contributed by atoms with E-state index >= 15 is 0 Å². The van der Waals surface area contributed by atoms with Crippen LogP contribution in [0.2, 0.25) is 0 Å². The van der Waals surface area contributed by atoms with Crippen molar-refractivity contribution in [2.75, 3.05) is 7.05 Å². The third-order valence-electron chi connectivity index (χ3n) is 4.74. The van der Waals surface area contributed by atoms with E-state index in [0.29, 0.717) is 11.7 Å². The second kappa shape index (κ2) is 7.30. The number of aromatic nitrogens is 2. The highest BCUT2D eigenvalue weighted by Crippen LogP contribution is 2.24. The van der Waals surface area contributed by atoms with Crippen LogP contribution in [-0.4, -0.2) is 56.7 Å². The molecule has 2 aromatic rings. The summed E-state index contributed by atoms with van der Waals surface area (Å²) in [5.41, 5.74) is 0.884. The minimum atomic E-state index is -0.996. The first kappa shape index (κ1) is 18.5. The van der Waals surface area contributed by atoms with Crippen LogP contribution in [0.1, 0.15) is 18.7 Å². The average molecular weight is 395 g/mol. The normalized spacial score (nSPS) is 19.4. The first-order chi connectivity index (χ1) is 13.9. The van der Waals surface area contributed by atoms with Gasteiger partial charge in [0.25, 0.3) is 17.7 Å². The number of rotatable bonds is 5. The van der Waals surface area contributed by atoms with Gasteiger partial charge in [0, 0.05) is 25.1 Å².